The summed E-state index contributed by atoms with van der Waals surface area (Å²) in [4.78, 5) is 19.0. The topological polar surface area (TPSA) is 107 Å². The van der Waals surface area contributed by atoms with Crippen LogP contribution in [0.5, 0.6) is 0 Å². The molecule has 0 spiro atoms. The molecule has 1 atom stereocenters. The van der Waals surface area contributed by atoms with Gasteiger partial charge in [-0.3, -0.25) is 4.79 Å². The van der Waals surface area contributed by atoms with Crippen molar-refractivity contribution in [3.8, 4) is 23.0 Å². The molecule has 0 saturated carbocycles. The molecular weight excluding hydrogens is 399 g/mol. The molecule has 1 saturated heterocycles. The summed E-state index contributed by atoms with van der Waals surface area (Å²) < 4.78 is 16.2. The van der Waals surface area contributed by atoms with Crippen molar-refractivity contribution < 1.29 is 14.3 Å². The van der Waals surface area contributed by atoms with Crippen LogP contribution in [0.25, 0.3) is 16.9 Å². The van der Waals surface area contributed by atoms with Gasteiger partial charge >= 0.3 is 0 Å². The number of nitrogens with one attached hydrogen (secondary N) is 1. The predicted octanol–water partition coefficient (Wildman–Crippen LogP) is 2.15. The zero-order valence-corrected chi connectivity index (χ0v) is 16.5. The first-order chi connectivity index (χ1) is 15.0. The third kappa shape index (κ3) is 3.31. The Kier molecular flexibility index (Phi) is 4.64. The maximum atomic E-state index is 14.6. The Labute approximate surface area is 177 Å². The minimum absolute atomic E-state index is 0.0972. The van der Waals surface area contributed by atoms with Crippen LogP contribution in [0.3, 0.4) is 0 Å². The Bertz CT molecular complexity index is 1230. The average molecular weight is 418 g/mol. The van der Waals surface area contributed by atoms with Crippen LogP contribution in [0.2, 0.25) is 0 Å². The Balaban J connectivity index is 1.63. The molecule has 2 aromatic heterocycles. The monoisotopic (exact) mass is 418 g/mol. The minimum atomic E-state index is -0.557. The van der Waals surface area contributed by atoms with E-state index in [4.69, 9.17) is 0 Å². The molecule has 0 radical (unpaired) electrons. The van der Waals surface area contributed by atoms with Gasteiger partial charge < -0.3 is 15.3 Å². The van der Waals surface area contributed by atoms with Gasteiger partial charge in [0.05, 0.1) is 52.5 Å². The summed E-state index contributed by atoms with van der Waals surface area (Å²) in [7, 11) is 0. The number of carbonyl (C=O) groups is 1. The van der Waals surface area contributed by atoms with Crippen molar-refractivity contribution in [3.05, 3.63) is 59.2 Å². The van der Waals surface area contributed by atoms with Gasteiger partial charge in [0.25, 0.3) is 5.91 Å². The predicted molar refractivity (Wildman–Crippen MR) is 110 cm³/mol. The minimum Gasteiger partial charge on any atom is -0.391 e. The van der Waals surface area contributed by atoms with E-state index in [0.29, 0.717) is 29.3 Å². The van der Waals surface area contributed by atoms with Crippen molar-refractivity contribution >= 4 is 11.7 Å². The summed E-state index contributed by atoms with van der Waals surface area (Å²) in [5.74, 6) is -0.144. The molecule has 0 aliphatic carbocycles. The molecule has 1 amide bonds. The summed E-state index contributed by atoms with van der Waals surface area (Å²) in [5.41, 5.74) is 1.86. The number of piperidine rings is 1. The Morgan fingerprint density at radius 1 is 1.29 bits per heavy atom. The van der Waals surface area contributed by atoms with E-state index in [1.54, 1.807) is 16.9 Å². The number of amides is 1. The Morgan fingerprint density at radius 2 is 2.16 bits per heavy atom. The fourth-order valence-electron chi connectivity index (χ4n) is 4.18. The summed E-state index contributed by atoms with van der Waals surface area (Å²) >= 11 is 0. The second kappa shape index (κ2) is 7.49. The van der Waals surface area contributed by atoms with Crippen LogP contribution in [0, 0.1) is 17.1 Å². The average Bonchev–Trinajstić information content (AvgIpc) is 3.40. The van der Waals surface area contributed by atoms with E-state index in [9.17, 15) is 19.6 Å². The molecule has 1 fully saturated rings. The number of fused-ring (bicyclic) bond motifs is 1. The van der Waals surface area contributed by atoms with E-state index in [1.807, 2.05) is 17.0 Å². The molecule has 0 unspecified atom stereocenters. The van der Waals surface area contributed by atoms with E-state index in [-0.39, 0.29) is 29.3 Å². The number of nitrogens with zero attached hydrogens (tertiary/aromatic N) is 5. The summed E-state index contributed by atoms with van der Waals surface area (Å²) in [6.07, 6.45) is 2.97. The number of aliphatic hydroxyl groups is 1. The van der Waals surface area contributed by atoms with Gasteiger partial charge in [-0.05, 0) is 31.0 Å². The van der Waals surface area contributed by atoms with Gasteiger partial charge in [-0.15, -0.1) is 0 Å². The molecule has 9 heteroatoms. The second-order valence-electron chi connectivity index (χ2n) is 7.67. The van der Waals surface area contributed by atoms with Crippen molar-refractivity contribution in [2.75, 3.05) is 18.0 Å². The number of aliphatic hydroxyl groups excluding tert-OH is 1. The number of hydrogen-bond acceptors (Lipinski definition) is 6. The van der Waals surface area contributed by atoms with Crippen LogP contribution in [-0.4, -0.2) is 45.0 Å². The van der Waals surface area contributed by atoms with E-state index in [0.717, 1.165) is 19.4 Å². The number of carbonyl (C=O) groups excluding carboxylic acids is 1. The van der Waals surface area contributed by atoms with Gasteiger partial charge in [0.2, 0.25) is 0 Å². The summed E-state index contributed by atoms with van der Waals surface area (Å²) in [6.45, 7) is 1.50. The number of nitriles is 1. The van der Waals surface area contributed by atoms with Crippen LogP contribution in [0.15, 0.2) is 36.5 Å². The number of halogens is 1. The van der Waals surface area contributed by atoms with Crippen LogP contribution in [0.1, 0.15) is 34.5 Å². The molecule has 5 rings (SSSR count). The lowest BCUT2D eigenvalue weighted by Gasteiger charge is -2.29. The van der Waals surface area contributed by atoms with Gasteiger partial charge in [0, 0.05) is 25.4 Å². The molecule has 8 nitrogen and oxygen atoms in total. The molecular formula is C22H19FN6O2. The van der Waals surface area contributed by atoms with Gasteiger partial charge in [-0.2, -0.15) is 10.4 Å². The van der Waals surface area contributed by atoms with Crippen molar-refractivity contribution in [2.24, 2.45) is 0 Å². The molecule has 2 N–H and O–H groups in total. The van der Waals surface area contributed by atoms with Crippen molar-refractivity contribution in [2.45, 2.75) is 25.5 Å². The third-order valence-corrected chi connectivity index (χ3v) is 5.65. The fourth-order valence-corrected chi connectivity index (χ4v) is 4.18. The molecule has 2 aliphatic rings. The first-order valence-corrected chi connectivity index (χ1v) is 10.1. The highest BCUT2D eigenvalue weighted by atomic mass is 19.1. The molecule has 31 heavy (non-hydrogen) atoms. The molecule has 3 aromatic rings. The molecule has 2 aliphatic heterocycles. The van der Waals surface area contributed by atoms with Crippen molar-refractivity contribution in [1.82, 2.24) is 20.1 Å². The summed E-state index contributed by atoms with van der Waals surface area (Å²) in [5, 5.41) is 26.8. The zero-order valence-electron chi connectivity index (χ0n) is 16.5. The quantitative estimate of drug-likeness (QED) is 0.675. The van der Waals surface area contributed by atoms with Crippen LogP contribution in [0.4, 0.5) is 10.2 Å². The maximum Gasteiger partial charge on any atom is 0.255 e. The van der Waals surface area contributed by atoms with E-state index in [1.165, 1.54) is 18.2 Å². The highest BCUT2D eigenvalue weighted by Crippen LogP contribution is 2.31. The molecule has 4 heterocycles. The lowest BCUT2D eigenvalue weighted by molar-refractivity contribution is 0.0965. The zero-order chi connectivity index (χ0) is 21.5. The first-order valence-electron chi connectivity index (χ1n) is 10.1. The smallest absolute Gasteiger partial charge is 0.255 e. The van der Waals surface area contributed by atoms with Crippen molar-refractivity contribution in [3.63, 3.8) is 0 Å². The van der Waals surface area contributed by atoms with Gasteiger partial charge in [-0.25, -0.2) is 14.1 Å². The molecule has 0 bridgehead atoms. The molecule has 156 valence electrons. The van der Waals surface area contributed by atoms with E-state index in [2.05, 4.69) is 15.4 Å². The number of pyridine rings is 1. The number of rotatable bonds is 3. The summed E-state index contributed by atoms with van der Waals surface area (Å²) in [6, 6.07) is 9.70. The van der Waals surface area contributed by atoms with Crippen molar-refractivity contribution in [1.29, 1.82) is 5.26 Å². The number of anilines is 1. The van der Waals surface area contributed by atoms with Gasteiger partial charge in [-0.1, -0.05) is 6.07 Å². The van der Waals surface area contributed by atoms with E-state index >= 15 is 0 Å². The normalized spacial score (nSPS) is 17.9. The second-order valence-corrected chi connectivity index (χ2v) is 7.67. The third-order valence-electron chi connectivity index (χ3n) is 5.65. The maximum absolute atomic E-state index is 14.6. The van der Waals surface area contributed by atoms with Gasteiger partial charge in [0.1, 0.15) is 5.82 Å². The molecule has 1 aromatic carbocycles. The fraction of sp³-hybridized carbons (Fsp3) is 0.273. The number of hydrogen-bond donors (Lipinski definition) is 2. The van der Waals surface area contributed by atoms with Crippen LogP contribution < -0.4 is 10.2 Å². The highest BCUT2D eigenvalue weighted by Gasteiger charge is 2.28. The first kappa shape index (κ1) is 19.2. The van der Waals surface area contributed by atoms with E-state index < -0.39 is 11.9 Å². The highest BCUT2D eigenvalue weighted by molar-refractivity contribution is 6.01. The lowest BCUT2D eigenvalue weighted by atomic mass is 10.0. The largest absolute Gasteiger partial charge is 0.391 e. The Hall–Kier alpha value is -3.77. The van der Waals surface area contributed by atoms with Crippen LogP contribution >= 0.6 is 0 Å². The lowest BCUT2D eigenvalue weighted by Crippen LogP contribution is -2.38. The SMILES string of the molecule is N#Cc1cccc(F)c1-c1cc(-n2ccc(N3CCC[C@H](O)C3)n2)c2c(n1)CNC2=O. The number of β-amino-alcohol motifs (C(OH)–C–C–N with tert-alkyl or cyclic N) is 1. The number of aromatic nitrogens is 3. The Morgan fingerprint density at radius 3 is 2.97 bits per heavy atom. The number of benzene rings is 1. The van der Waals surface area contributed by atoms with Crippen LogP contribution in [-0.2, 0) is 6.54 Å². The van der Waals surface area contributed by atoms with Gasteiger partial charge in [0.15, 0.2) is 5.82 Å². The standard InChI is InChI=1S/C22H19FN6O2/c23-15-5-1-3-13(10-24)20(15)16-9-18(21-17(26-16)11-25-22(21)31)29-8-6-19(27-29)28-7-2-4-14(30)12-28/h1,3,5-6,8-9,14,30H,2,4,7,11-12H2,(H,25,31)/t14-/m0/s1.